The van der Waals surface area contributed by atoms with Crippen molar-refractivity contribution in [1.29, 1.82) is 0 Å². The van der Waals surface area contributed by atoms with Crippen LogP contribution in [0.15, 0.2) is 42.6 Å². The number of fused-ring (bicyclic) bond motifs is 1. The summed E-state index contributed by atoms with van der Waals surface area (Å²) in [4.78, 5) is 18.0. The number of anilines is 1. The van der Waals surface area contributed by atoms with Crippen LogP contribution in [0, 0.1) is 0 Å². The van der Waals surface area contributed by atoms with Gasteiger partial charge in [-0.15, -0.1) is 0 Å². The number of carbonyl (C=O) groups is 1. The van der Waals surface area contributed by atoms with Crippen LogP contribution in [0.5, 0.6) is 0 Å². The lowest BCUT2D eigenvalue weighted by molar-refractivity contribution is 0.0600. The van der Waals surface area contributed by atoms with Crippen molar-refractivity contribution < 1.29 is 9.53 Å². The number of carbonyl (C=O) groups excluding carboxylic acids is 1. The summed E-state index contributed by atoms with van der Waals surface area (Å²) in [6.45, 7) is 1.81. The number of aromatic nitrogens is 1. The number of pyridine rings is 1. The first kappa shape index (κ1) is 12.7. The lowest BCUT2D eigenvalue weighted by Crippen LogP contribution is -2.30. The third-order valence-corrected chi connectivity index (χ3v) is 3.62. The number of hydrogen-bond donors (Lipinski definition) is 0. The van der Waals surface area contributed by atoms with Crippen molar-refractivity contribution in [3.05, 3.63) is 59.3 Å². The Morgan fingerprint density at radius 2 is 2.00 bits per heavy atom. The second-order valence-electron chi connectivity index (χ2n) is 4.84. The van der Waals surface area contributed by atoms with E-state index in [0.717, 1.165) is 25.3 Å². The number of esters is 1. The molecule has 0 bridgehead atoms. The molecule has 0 unspecified atom stereocenters. The Hall–Kier alpha value is -2.36. The van der Waals surface area contributed by atoms with Crippen LogP contribution in [0.25, 0.3) is 0 Å². The molecule has 0 N–H and O–H groups in total. The average Bonchev–Trinajstić information content (AvgIpc) is 2.54. The van der Waals surface area contributed by atoms with E-state index in [1.54, 1.807) is 12.3 Å². The molecule has 4 nitrogen and oxygen atoms in total. The van der Waals surface area contributed by atoms with E-state index < -0.39 is 0 Å². The highest BCUT2D eigenvalue weighted by molar-refractivity contribution is 5.89. The standard InChI is InChI=1S/C16H16N2O2/c1-20-16(19)13-6-7-15(17-10-13)18-9-8-12-4-2-3-5-14(12)11-18/h2-7,10H,8-9,11H2,1H3. The van der Waals surface area contributed by atoms with Gasteiger partial charge in [0.25, 0.3) is 0 Å². The molecule has 2 aromatic rings. The van der Waals surface area contributed by atoms with Crippen molar-refractivity contribution in [1.82, 2.24) is 4.98 Å². The second-order valence-corrected chi connectivity index (χ2v) is 4.84. The lowest BCUT2D eigenvalue weighted by atomic mass is 10.00. The Labute approximate surface area is 118 Å². The fourth-order valence-corrected chi connectivity index (χ4v) is 2.50. The first-order valence-electron chi connectivity index (χ1n) is 6.64. The quantitative estimate of drug-likeness (QED) is 0.785. The first-order valence-corrected chi connectivity index (χ1v) is 6.64. The summed E-state index contributed by atoms with van der Waals surface area (Å²) < 4.78 is 4.68. The first-order chi connectivity index (χ1) is 9.78. The van der Waals surface area contributed by atoms with Crippen LogP contribution in [0.3, 0.4) is 0 Å². The van der Waals surface area contributed by atoms with Gasteiger partial charge in [0.05, 0.1) is 12.7 Å². The SMILES string of the molecule is COC(=O)c1ccc(N2CCc3ccccc3C2)nc1. The number of benzene rings is 1. The topological polar surface area (TPSA) is 42.4 Å². The van der Waals surface area contributed by atoms with Gasteiger partial charge in [0.2, 0.25) is 0 Å². The summed E-state index contributed by atoms with van der Waals surface area (Å²) in [5, 5.41) is 0. The van der Waals surface area contributed by atoms with Gasteiger partial charge in [-0.25, -0.2) is 9.78 Å². The third-order valence-electron chi connectivity index (χ3n) is 3.62. The normalized spacial score (nSPS) is 13.8. The molecule has 20 heavy (non-hydrogen) atoms. The highest BCUT2D eigenvalue weighted by Gasteiger charge is 2.17. The van der Waals surface area contributed by atoms with Gasteiger partial charge in [-0.1, -0.05) is 24.3 Å². The minimum absolute atomic E-state index is 0.354. The zero-order valence-electron chi connectivity index (χ0n) is 11.4. The number of ether oxygens (including phenoxy) is 1. The molecule has 0 amide bonds. The molecule has 2 heterocycles. The van der Waals surface area contributed by atoms with Crippen LogP contribution >= 0.6 is 0 Å². The zero-order chi connectivity index (χ0) is 13.9. The van der Waals surface area contributed by atoms with Gasteiger partial charge in [0.1, 0.15) is 5.82 Å². The lowest BCUT2D eigenvalue weighted by Gasteiger charge is -2.29. The summed E-state index contributed by atoms with van der Waals surface area (Å²) >= 11 is 0. The molecule has 3 rings (SSSR count). The number of hydrogen-bond acceptors (Lipinski definition) is 4. The minimum Gasteiger partial charge on any atom is -0.465 e. The molecule has 0 saturated carbocycles. The second kappa shape index (κ2) is 5.33. The highest BCUT2D eigenvalue weighted by Crippen LogP contribution is 2.22. The van der Waals surface area contributed by atoms with E-state index in [0.29, 0.717) is 5.56 Å². The van der Waals surface area contributed by atoms with Crippen LogP contribution < -0.4 is 4.90 Å². The molecule has 0 radical (unpaired) electrons. The van der Waals surface area contributed by atoms with Gasteiger partial charge in [-0.3, -0.25) is 0 Å². The molecule has 102 valence electrons. The van der Waals surface area contributed by atoms with E-state index in [1.807, 2.05) is 6.07 Å². The van der Waals surface area contributed by atoms with E-state index in [2.05, 4.69) is 38.9 Å². The summed E-state index contributed by atoms with van der Waals surface area (Å²) in [6.07, 6.45) is 2.60. The molecule has 0 atom stereocenters. The fraction of sp³-hybridized carbons (Fsp3) is 0.250. The molecule has 0 fully saturated rings. The molecule has 1 aliphatic heterocycles. The maximum atomic E-state index is 11.4. The number of rotatable bonds is 2. The highest BCUT2D eigenvalue weighted by atomic mass is 16.5. The molecule has 0 aliphatic carbocycles. The van der Waals surface area contributed by atoms with Gasteiger partial charge in [-0.2, -0.15) is 0 Å². The molecule has 1 aliphatic rings. The summed E-state index contributed by atoms with van der Waals surface area (Å²) in [5.74, 6) is 0.542. The third kappa shape index (κ3) is 2.37. The van der Waals surface area contributed by atoms with E-state index in [9.17, 15) is 4.79 Å². The van der Waals surface area contributed by atoms with Crippen LogP contribution in [-0.2, 0) is 17.7 Å². The predicted octanol–water partition coefficient (Wildman–Crippen LogP) is 2.43. The Bertz CT molecular complexity index is 623. The van der Waals surface area contributed by atoms with Crippen molar-refractivity contribution in [3.8, 4) is 0 Å². The minimum atomic E-state index is -0.354. The molecule has 1 aromatic heterocycles. The summed E-state index contributed by atoms with van der Waals surface area (Å²) in [6, 6.07) is 12.1. The van der Waals surface area contributed by atoms with Crippen LogP contribution in [0.1, 0.15) is 21.5 Å². The summed E-state index contributed by atoms with van der Waals surface area (Å²) in [5.41, 5.74) is 3.24. The fourth-order valence-electron chi connectivity index (χ4n) is 2.50. The van der Waals surface area contributed by atoms with Crippen molar-refractivity contribution in [3.63, 3.8) is 0 Å². The van der Waals surface area contributed by atoms with Crippen molar-refractivity contribution in [2.45, 2.75) is 13.0 Å². The summed E-state index contributed by atoms with van der Waals surface area (Å²) in [7, 11) is 1.37. The number of methoxy groups -OCH3 is 1. The van der Waals surface area contributed by atoms with Crippen molar-refractivity contribution >= 4 is 11.8 Å². The van der Waals surface area contributed by atoms with E-state index in [4.69, 9.17) is 0 Å². The van der Waals surface area contributed by atoms with Crippen LogP contribution in [0.2, 0.25) is 0 Å². The Morgan fingerprint density at radius 1 is 1.20 bits per heavy atom. The Kier molecular flexibility index (Phi) is 3.37. The molecule has 0 spiro atoms. The zero-order valence-corrected chi connectivity index (χ0v) is 11.4. The number of nitrogens with zero attached hydrogens (tertiary/aromatic N) is 2. The average molecular weight is 268 g/mol. The molecular formula is C16H16N2O2. The maximum absolute atomic E-state index is 11.4. The largest absolute Gasteiger partial charge is 0.465 e. The van der Waals surface area contributed by atoms with Gasteiger partial charge in [0.15, 0.2) is 0 Å². The monoisotopic (exact) mass is 268 g/mol. The molecular weight excluding hydrogens is 252 g/mol. The van der Waals surface area contributed by atoms with E-state index in [-0.39, 0.29) is 5.97 Å². The van der Waals surface area contributed by atoms with Crippen LogP contribution in [-0.4, -0.2) is 24.6 Å². The molecule has 4 heteroatoms. The predicted molar refractivity (Wildman–Crippen MR) is 76.8 cm³/mol. The van der Waals surface area contributed by atoms with E-state index >= 15 is 0 Å². The van der Waals surface area contributed by atoms with Gasteiger partial charge < -0.3 is 9.64 Å². The molecule has 1 aromatic carbocycles. The molecule has 0 saturated heterocycles. The van der Waals surface area contributed by atoms with Crippen molar-refractivity contribution in [2.24, 2.45) is 0 Å². The van der Waals surface area contributed by atoms with Crippen LogP contribution in [0.4, 0.5) is 5.82 Å². The Morgan fingerprint density at radius 3 is 2.70 bits per heavy atom. The maximum Gasteiger partial charge on any atom is 0.339 e. The van der Waals surface area contributed by atoms with Crippen molar-refractivity contribution in [2.75, 3.05) is 18.6 Å². The van der Waals surface area contributed by atoms with Gasteiger partial charge in [-0.05, 0) is 29.7 Å². The smallest absolute Gasteiger partial charge is 0.339 e. The van der Waals surface area contributed by atoms with Gasteiger partial charge >= 0.3 is 5.97 Å². The Balaban J connectivity index is 1.79. The van der Waals surface area contributed by atoms with Gasteiger partial charge in [0, 0.05) is 19.3 Å². The van der Waals surface area contributed by atoms with E-state index in [1.165, 1.54) is 18.2 Å².